The standard InChI is InChI=1S/CH2O3.CH2O2.2Mg/c2-1(3)4;2-1-3;;/h(H2,2,3,4);1H,(H,2,3);;/q;;2*+2/p-3. The summed E-state index contributed by atoms with van der Waals surface area (Å²) in [5.74, 6) is 0. The number of carbonyl (C=O) groups is 2. The Morgan fingerprint density at radius 1 is 1.22 bits per heavy atom. The molecule has 0 fully saturated rings. The molecule has 0 saturated heterocycles. The van der Waals surface area contributed by atoms with E-state index in [9.17, 15) is 0 Å². The molecule has 9 heavy (non-hydrogen) atoms. The van der Waals surface area contributed by atoms with Crippen LogP contribution in [0.15, 0.2) is 0 Å². The molecule has 0 amide bonds. The predicted octanol–water partition coefficient (Wildman–Crippen LogP) is -4.84. The molecule has 0 aliphatic heterocycles. The van der Waals surface area contributed by atoms with Crippen LogP contribution < -0.4 is 15.3 Å². The van der Waals surface area contributed by atoms with Crippen molar-refractivity contribution in [3.63, 3.8) is 0 Å². The SMILES string of the molecule is O=C([O-])[O-].O=C[O-].[Mg+2].[Mg+2]. The average molecular weight is 154 g/mol. The van der Waals surface area contributed by atoms with Crippen molar-refractivity contribution < 1.29 is 24.9 Å². The molecule has 7 heteroatoms. The summed E-state index contributed by atoms with van der Waals surface area (Å²) in [6.45, 7) is -0.500. The van der Waals surface area contributed by atoms with E-state index in [1.165, 1.54) is 0 Å². The third kappa shape index (κ3) is 4380. The quantitative estimate of drug-likeness (QED) is 0.257. The summed E-state index contributed by atoms with van der Waals surface area (Å²) in [5.41, 5.74) is 0. The van der Waals surface area contributed by atoms with Gasteiger partial charge in [-0.25, -0.2) is 0 Å². The van der Waals surface area contributed by atoms with Crippen LogP contribution in [0.4, 0.5) is 4.79 Å². The van der Waals surface area contributed by atoms with Gasteiger partial charge in [0.2, 0.25) is 0 Å². The Kier molecular flexibility index (Phi) is 60.8. The van der Waals surface area contributed by atoms with Crippen molar-refractivity contribution in [2.24, 2.45) is 0 Å². The van der Waals surface area contributed by atoms with Crippen LogP contribution in [-0.2, 0) is 4.79 Å². The normalized spacial score (nSPS) is 4.00. The second-order valence-electron chi connectivity index (χ2n) is 0.346. The van der Waals surface area contributed by atoms with Gasteiger partial charge in [-0.3, -0.25) is 0 Å². The van der Waals surface area contributed by atoms with Gasteiger partial charge in [-0.1, -0.05) is 0 Å². The van der Waals surface area contributed by atoms with Crippen molar-refractivity contribution in [3.8, 4) is 0 Å². The Labute approximate surface area is 83.4 Å². The third-order valence-corrected chi connectivity index (χ3v) is 0. The van der Waals surface area contributed by atoms with Crippen molar-refractivity contribution in [3.05, 3.63) is 0 Å². The summed E-state index contributed by atoms with van der Waals surface area (Å²) in [5, 5.41) is 24.9. The maximum atomic E-state index is 8.33. The van der Waals surface area contributed by atoms with E-state index in [-0.39, 0.29) is 46.1 Å². The van der Waals surface area contributed by atoms with Gasteiger partial charge in [0, 0.05) is 6.47 Å². The molecule has 0 aliphatic rings. The molecule has 0 N–H and O–H groups in total. The summed E-state index contributed by atoms with van der Waals surface area (Å²) in [7, 11) is 0. The van der Waals surface area contributed by atoms with E-state index in [2.05, 4.69) is 0 Å². The molecular formula is C2HMg2O5+. The maximum absolute atomic E-state index is 8.33. The van der Waals surface area contributed by atoms with Gasteiger partial charge < -0.3 is 24.9 Å². The molecular weight excluding hydrogens is 153 g/mol. The second kappa shape index (κ2) is 24.0. The molecule has 0 saturated carbocycles. The fourth-order valence-electron chi connectivity index (χ4n) is 0. The topological polar surface area (TPSA) is 103 Å². The van der Waals surface area contributed by atoms with Crippen LogP contribution in [0.1, 0.15) is 0 Å². The first kappa shape index (κ1) is 22.8. The Morgan fingerprint density at radius 2 is 1.22 bits per heavy atom. The minimum Gasteiger partial charge on any atom is -0.652 e. The summed E-state index contributed by atoms with van der Waals surface area (Å²) in [6, 6.07) is 0. The van der Waals surface area contributed by atoms with Gasteiger partial charge in [0.1, 0.15) is 0 Å². The molecule has 0 rings (SSSR count). The molecule has 0 aromatic carbocycles. The fraction of sp³-hybridized carbons (Fsp3) is 0. The first-order valence-corrected chi connectivity index (χ1v) is 1.08. The van der Waals surface area contributed by atoms with Crippen LogP contribution in [0, 0.1) is 0 Å². The number of hydrogen-bond acceptors (Lipinski definition) is 5. The van der Waals surface area contributed by atoms with Gasteiger partial charge in [0.25, 0.3) is 0 Å². The summed E-state index contributed by atoms with van der Waals surface area (Å²) in [4.78, 5) is 16.6. The summed E-state index contributed by atoms with van der Waals surface area (Å²) in [6.07, 6.45) is -2.33. The third-order valence-electron chi connectivity index (χ3n) is 0. The van der Waals surface area contributed by atoms with E-state index < -0.39 is 12.6 Å². The molecule has 0 atom stereocenters. The summed E-state index contributed by atoms with van der Waals surface area (Å²) >= 11 is 0. The molecule has 5 nitrogen and oxygen atoms in total. The molecule has 0 spiro atoms. The van der Waals surface area contributed by atoms with Crippen molar-refractivity contribution >= 4 is 58.7 Å². The molecule has 0 aromatic heterocycles. The van der Waals surface area contributed by atoms with Crippen LogP contribution in [-0.4, -0.2) is 58.7 Å². The van der Waals surface area contributed by atoms with Crippen LogP contribution in [0.5, 0.6) is 0 Å². The molecule has 0 aromatic rings. The Hall–Kier alpha value is 0.272. The predicted molar refractivity (Wildman–Crippen MR) is 23.0 cm³/mol. The second-order valence-corrected chi connectivity index (χ2v) is 0.346. The van der Waals surface area contributed by atoms with E-state index in [4.69, 9.17) is 24.9 Å². The molecule has 0 heterocycles. The van der Waals surface area contributed by atoms with Crippen LogP contribution >= 0.6 is 0 Å². The first-order valence-electron chi connectivity index (χ1n) is 1.08. The molecule has 0 radical (unpaired) electrons. The average Bonchev–Trinajstić information content (AvgIpc) is 1.33. The monoisotopic (exact) mass is 153 g/mol. The van der Waals surface area contributed by atoms with E-state index in [1.54, 1.807) is 0 Å². The van der Waals surface area contributed by atoms with E-state index in [0.29, 0.717) is 0 Å². The van der Waals surface area contributed by atoms with Gasteiger partial charge in [-0.2, -0.15) is 0 Å². The molecule has 0 unspecified atom stereocenters. The van der Waals surface area contributed by atoms with Crippen molar-refractivity contribution in [2.75, 3.05) is 0 Å². The summed E-state index contributed by atoms with van der Waals surface area (Å²) < 4.78 is 0. The minimum atomic E-state index is -2.33. The van der Waals surface area contributed by atoms with Gasteiger partial charge in [-0.05, 0) is 6.16 Å². The minimum absolute atomic E-state index is 0. The van der Waals surface area contributed by atoms with Crippen LogP contribution in [0.2, 0.25) is 0 Å². The van der Waals surface area contributed by atoms with Crippen molar-refractivity contribution in [2.45, 2.75) is 0 Å². The van der Waals surface area contributed by atoms with Gasteiger partial charge in [-0.15, -0.1) is 0 Å². The number of carboxylic acid groups (broad SMARTS) is 3. The molecule has 0 aliphatic carbocycles. The van der Waals surface area contributed by atoms with Crippen molar-refractivity contribution in [1.29, 1.82) is 0 Å². The maximum Gasteiger partial charge on any atom is 2.00 e. The molecule has 0 bridgehead atoms. The zero-order valence-electron chi connectivity index (χ0n) is 4.53. The fourth-order valence-corrected chi connectivity index (χ4v) is 0. The smallest absolute Gasteiger partial charge is 0.652 e. The van der Waals surface area contributed by atoms with Gasteiger partial charge in [0.15, 0.2) is 0 Å². The van der Waals surface area contributed by atoms with Gasteiger partial charge in [0.05, 0.1) is 0 Å². The number of hydrogen-bond donors (Lipinski definition) is 0. The van der Waals surface area contributed by atoms with Gasteiger partial charge >= 0.3 is 46.1 Å². The first-order chi connectivity index (χ1) is 3.15. The Bertz CT molecular complexity index is 60.0. The van der Waals surface area contributed by atoms with E-state index in [0.717, 1.165) is 0 Å². The van der Waals surface area contributed by atoms with Crippen LogP contribution in [0.3, 0.4) is 0 Å². The van der Waals surface area contributed by atoms with Crippen molar-refractivity contribution in [1.82, 2.24) is 0 Å². The Balaban J connectivity index is -0.0000000233. The van der Waals surface area contributed by atoms with E-state index in [1.807, 2.05) is 0 Å². The largest absolute Gasteiger partial charge is 2.00 e. The Morgan fingerprint density at radius 3 is 1.22 bits per heavy atom. The molecule has 42 valence electrons. The number of rotatable bonds is 0. The van der Waals surface area contributed by atoms with E-state index >= 15 is 0 Å². The zero-order valence-corrected chi connectivity index (χ0v) is 7.36. The van der Waals surface area contributed by atoms with Crippen LogP contribution in [0.25, 0.3) is 0 Å². The zero-order chi connectivity index (χ0) is 6.28. The number of carbonyl (C=O) groups excluding carboxylic acids is 2.